The van der Waals surface area contributed by atoms with Crippen LogP contribution in [0.2, 0.25) is 0 Å². The predicted octanol–water partition coefficient (Wildman–Crippen LogP) is 2.16. The number of benzene rings is 1. The largest absolute Gasteiger partial charge is 0.342 e. The highest BCUT2D eigenvalue weighted by Gasteiger charge is 2.36. The number of rotatable bonds is 6. The highest BCUT2D eigenvalue weighted by atomic mass is 16.2. The number of hydrogen-bond acceptors (Lipinski definition) is 4. The zero-order valence-electron chi connectivity index (χ0n) is 16.7. The smallest absolute Gasteiger partial charge is 0.224 e. The van der Waals surface area contributed by atoms with E-state index in [0.29, 0.717) is 30.8 Å². The van der Waals surface area contributed by atoms with Gasteiger partial charge in [-0.05, 0) is 43.6 Å². The van der Waals surface area contributed by atoms with Crippen LogP contribution in [-0.2, 0) is 17.8 Å². The molecule has 3 atom stereocenters. The molecule has 1 aromatic carbocycles. The van der Waals surface area contributed by atoms with Gasteiger partial charge in [-0.2, -0.15) is 0 Å². The first kappa shape index (κ1) is 19.2. The molecular formula is C22H31N5O. The molecule has 3 heterocycles. The zero-order valence-corrected chi connectivity index (χ0v) is 16.7. The van der Waals surface area contributed by atoms with Crippen LogP contribution >= 0.6 is 0 Å². The van der Waals surface area contributed by atoms with Crippen LogP contribution in [0, 0.1) is 18.8 Å². The molecule has 0 bridgehead atoms. The Balaban J connectivity index is 1.33. The van der Waals surface area contributed by atoms with Crippen LogP contribution in [-0.4, -0.2) is 46.0 Å². The summed E-state index contributed by atoms with van der Waals surface area (Å²) in [5.74, 6) is 2.31. The minimum absolute atomic E-state index is 0.267. The first-order valence-electron chi connectivity index (χ1n) is 10.5. The van der Waals surface area contributed by atoms with Gasteiger partial charge < -0.3 is 9.47 Å². The van der Waals surface area contributed by atoms with E-state index in [0.717, 1.165) is 38.3 Å². The second-order valence-corrected chi connectivity index (χ2v) is 8.16. The fourth-order valence-electron chi connectivity index (χ4n) is 4.72. The molecule has 150 valence electrons. The van der Waals surface area contributed by atoms with Crippen molar-refractivity contribution in [2.24, 2.45) is 11.8 Å². The van der Waals surface area contributed by atoms with Crippen molar-refractivity contribution in [3.05, 3.63) is 54.1 Å². The van der Waals surface area contributed by atoms with E-state index in [4.69, 9.17) is 0 Å². The van der Waals surface area contributed by atoms with Gasteiger partial charge in [-0.15, -0.1) is 0 Å². The number of nitrogens with one attached hydrogen (secondary N) is 2. The molecule has 0 aliphatic carbocycles. The number of hydrogen-bond donors (Lipinski definition) is 2. The van der Waals surface area contributed by atoms with Crippen LogP contribution < -0.4 is 10.9 Å². The summed E-state index contributed by atoms with van der Waals surface area (Å²) in [6.07, 6.45) is 7.65. The van der Waals surface area contributed by atoms with E-state index in [1.54, 1.807) is 6.20 Å². The Labute approximate surface area is 167 Å². The molecule has 6 heteroatoms. The molecule has 0 saturated carbocycles. The van der Waals surface area contributed by atoms with Gasteiger partial charge >= 0.3 is 0 Å². The molecule has 6 nitrogen and oxygen atoms in total. The first-order valence-corrected chi connectivity index (χ1v) is 10.5. The second kappa shape index (κ2) is 8.88. The number of piperidine rings is 1. The van der Waals surface area contributed by atoms with Crippen molar-refractivity contribution >= 4 is 5.91 Å². The summed E-state index contributed by atoms with van der Waals surface area (Å²) in [5.41, 5.74) is 8.28. The van der Waals surface area contributed by atoms with Gasteiger partial charge in [0.05, 0.1) is 0 Å². The number of aromatic nitrogens is 2. The Morgan fingerprint density at radius 1 is 1.29 bits per heavy atom. The van der Waals surface area contributed by atoms with Gasteiger partial charge in [-0.25, -0.2) is 4.98 Å². The van der Waals surface area contributed by atoms with Crippen molar-refractivity contribution in [2.75, 3.05) is 19.6 Å². The van der Waals surface area contributed by atoms with Crippen molar-refractivity contribution in [1.82, 2.24) is 25.3 Å². The number of likely N-dealkylation sites (tertiary alicyclic amines) is 1. The molecule has 3 unspecified atom stereocenters. The van der Waals surface area contributed by atoms with Crippen molar-refractivity contribution in [2.45, 2.75) is 45.2 Å². The Kier molecular flexibility index (Phi) is 6.07. The number of amides is 1. The third-order valence-electron chi connectivity index (χ3n) is 6.29. The van der Waals surface area contributed by atoms with E-state index < -0.39 is 0 Å². The molecule has 0 radical (unpaired) electrons. The van der Waals surface area contributed by atoms with E-state index in [1.165, 1.54) is 12.0 Å². The third kappa shape index (κ3) is 4.45. The fourth-order valence-corrected chi connectivity index (χ4v) is 4.72. The lowest BCUT2D eigenvalue weighted by Gasteiger charge is -2.37. The Bertz CT molecular complexity index is 774. The van der Waals surface area contributed by atoms with E-state index >= 15 is 0 Å². The van der Waals surface area contributed by atoms with Gasteiger partial charge in [0.2, 0.25) is 5.91 Å². The molecule has 2 aliphatic heterocycles. The lowest BCUT2D eigenvalue weighted by molar-refractivity contribution is -0.133. The maximum atomic E-state index is 12.8. The highest BCUT2D eigenvalue weighted by molar-refractivity contribution is 5.76. The summed E-state index contributed by atoms with van der Waals surface area (Å²) in [5, 5.41) is 0. The van der Waals surface area contributed by atoms with E-state index in [1.807, 2.05) is 13.1 Å². The molecule has 2 aliphatic rings. The van der Waals surface area contributed by atoms with Crippen LogP contribution in [0.4, 0.5) is 0 Å². The van der Waals surface area contributed by atoms with Gasteiger partial charge in [-0.3, -0.25) is 15.6 Å². The number of nitrogens with zero attached hydrogens (tertiary/aromatic N) is 3. The number of carbonyl (C=O) groups is 1. The summed E-state index contributed by atoms with van der Waals surface area (Å²) in [6.45, 7) is 5.44. The Morgan fingerprint density at radius 3 is 2.93 bits per heavy atom. The SMILES string of the molecule is Cc1nccn1CCC(=O)N1CCCC(C2NNCC2Cc2ccccc2)C1. The Hall–Kier alpha value is -2.18. The average Bonchev–Trinajstić information content (AvgIpc) is 3.36. The number of aryl methyl sites for hydroxylation is 2. The van der Waals surface area contributed by atoms with Crippen molar-refractivity contribution in [3.8, 4) is 0 Å². The topological polar surface area (TPSA) is 62.2 Å². The van der Waals surface area contributed by atoms with Crippen molar-refractivity contribution < 1.29 is 4.79 Å². The summed E-state index contributed by atoms with van der Waals surface area (Å²) >= 11 is 0. The molecule has 28 heavy (non-hydrogen) atoms. The van der Waals surface area contributed by atoms with Gasteiger partial charge in [0.15, 0.2) is 0 Å². The quantitative estimate of drug-likeness (QED) is 0.805. The van der Waals surface area contributed by atoms with Crippen LogP contribution in [0.3, 0.4) is 0 Å². The lowest BCUT2D eigenvalue weighted by Crippen LogP contribution is -2.49. The average molecular weight is 382 g/mol. The normalized spacial score (nSPS) is 25.2. The summed E-state index contributed by atoms with van der Waals surface area (Å²) in [7, 11) is 0. The molecule has 0 spiro atoms. The van der Waals surface area contributed by atoms with E-state index in [2.05, 4.69) is 55.6 Å². The lowest BCUT2D eigenvalue weighted by atomic mass is 9.81. The van der Waals surface area contributed by atoms with Gasteiger partial charge in [0, 0.05) is 51.0 Å². The van der Waals surface area contributed by atoms with Crippen LogP contribution in [0.1, 0.15) is 30.7 Å². The standard InChI is InChI=1S/C22H31N5O/c1-17-23-10-13-26(17)12-9-21(28)27-11-5-8-19(16-27)22-20(15-24-25-22)14-18-6-3-2-4-7-18/h2-4,6-7,10,13,19-20,22,24-25H,5,8-9,11-12,14-16H2,1H3. The summed E-state index contributed by atoms with van der Waals surface area (Å²) < 4.78 is 2.05. The second-order valence-electron chi connectivity index (χ2n) is 8.16. The maximum Gasteiger partial charge on any atom is 0.224 e. The van der Waals surface area contributed by atoms with Crippen molar-refractivity contribution in [1.29, 1.82) is 0 Å². The minimum atomic E-state index is 0.267. The minimum Gasteiger partial charge on any atom is -0.342 e. The number of imidazole rings is 1. The van der Waals surface area contributed by atoms with Crippen LogP contribution in [0.15, 0.2) is 42.7 Å². The fraction of sp³-hybridized carbons (Fsp3) is 0.545. The first-order chi connectivity index (χ1) is 13.7. The highest BCUT2D eigenvalue weighted by Crippen LogP contribution is 2.28. The molecule has 1 aromatic heterocycles. The molecule has 2 fully saturated rings. The zero-order chi connectivity index (χ0) is 19.3. The molecular weight excluding hydrogens is 350 g/mol. The molecule has 4 rings (SSSR count). The molecule has 2 N–H and O–H groups in total. The Morgan fingerprint density at radius 2 is 2.14 bits per heavy atom. The third-order valence-corrected chi connectivity index (χ3v) is 6.29. The van der Waals surface area contributed by atoms with E-state index in [9.17, 15) is 4.79 Å². The van der Waals surface area contributed by atoms with Crippen LogP contribution in [0.5, 0.6) is 0 Å². The molecule has 2 aromatic rings. The predicted molar refractivity (Wildman–Crippen MR) is 109 cm³/mol. The maximum absolute atomic E-state index is 12.8. The molecule has 2 saturated heterocycles. The van der Waals surface area contributed by atoms with Gasteiger partial charge in [-0.1, -0.05) is 30.3 Å². The summed E-state index contributed by atoms with van der Waals surface area (Å²) in [4.78, 5) is 19.1. The monoisotopic (exact) mass is 381 g/mol. The summed E-state index contributed by atoms with van der Waals surface area (Å²) in [6, 6.07) is 11.1. The number of carbonyl (C=O) groups excluding carboxylic acids is 1. The van der Waals surface area contributed by atoms with E-state index in [-0.39, 0.29) is 5.91 Å². The van der Waals surface area contributed by atoms with Gasteiger partial charge in [0.1, 0.15) is 5.82 Å². The van der Waals surface area contributed by atoms with Crippen molar-refractivity contribution in [3.63, 3.8) is 0 Å². The van der Waals surface area contributed by atoms with Crippen LogP contribution in [0.25, 0.3) is 0 Å². The van der Waals surface area contributed by atoms with Gasteiger partial charge in [0.25, 0.3) is 0 Å². The molecule has 1 amide bonds. The number of hydrazine groups is 1.